The Morgan fingerprint density at radius 3 is 2.78 bits per heavy atom. The number of hydrogen-bond donors (Lipinski definition) is 1. The van der Waals surface area contributed by atoms with Crippen LogP contribution in [0.3, 0.4) is 0 Å². The van der Waals surface area contributed by atoms with E-state index in [-0.39, 0.29) is 5.91 Å². The molecule has 0 aliphatic rings. The Morgan fingerprint density at radius 1 is 1.30 bits per heavy atom. The molecule has 0 bridgehead atoms. The zero-order valence-corrected chi connectivity index (χ0v) is 16.0. The third kappa shape index (κ3) is 6.30. The molecule has 0 atom stereocenters. The van der Waals surface area contributed by atoms with E-state index in [1.807, 2.05) is 12.1 Å². The van der Waals surface area contributed by atoms with Crippen molar-refractivity contribution in [1.82, 2.24) is 10.2 Å². The molecule has 4 nitrogen and oxygen atoms in total. The van der Waals surface area contributed by atoms with Crippen LogP contribution in [-0.2, 0) is 17.0 Å². The van der Waals surface area contributed by atoms with Crippen molar-refractivity contribution in [2.75, 3.05) is 11.1 Å². The average molecular weight is 390 g/mol. The Bertz CT molecular complexity index is 676. The van der Waals surface area contributed by atoms with Gasteiger partial charge in [0, 0.05) is 12.2 Å². The maximum Gasteiger partial charge on any atom is 0.236 e. The molecule has 0 saturated carbocycles. The highest BCUT2D eigenvalue weighted by atomic mass is 35.5. The first kappa shape index (κ1) is 18.5. The number of hydrogen-bond acceptors (Lipinski definition) is 5. The summed E-state index contributed by atoms with van der Waals surface area (Å²) in [6.45, 7) is 4.25. The molecular formula is C15H17Cl2N3OS2. The molecule has 8 heteroatoms. The number of amides is 1. The number of benzene rings is 1. The summed E-state index contributed by atoms with van der Waals surface area (Å²) >= 11 is 14.8. The highest BCUT2D eigenvalue weighted by Crippen LogP contribution is 2.25. The summed E-state index contributed by atoms with van der Waals surface area (Å²) in [6, 6.07) is 5.48. The fourth-order valence-corrected chi connectivity index (χ4v) is 3.85. The van der Waals surface area contributed by atoms with Gasteiger partial charge in [0.25, 0.3) is 0 Å². The van der Waals surface area contributed by atoms with Crippen molar-refractivity contribution in [3.63, 3.8) is 0 Å². The van der Waals surface area contributed by atoms with Gasteiger partial charge in [-0.05, 0) is 23.6 Å². The first-order valence-electron chi connectivity index (χ1n) is 7.08. The number of anilines is 1. The average Bonchev–Trinajstić information content (AvgIpc) is 2.89. The van der Waals surface area contributed by atoms with Crippen LogP contribution in [0.4, 0.5) is 5.13 Å². The molecule has 0 saturated heterocycles. The third-order valence-electron chi connectivity index (χ3n) is 2.78. The smallest absolute Gasteiger partial charge is 0.236 e. The molecule has 2 aromatic rings. The lowest BCUT2D eigenvalue weighted by molar-refractivity contribution is -0.113. The molecule has 0 spiro atoms. The summed E-state index contributed by atoms with van der Waals surface area (Å²) in [5, 5.41) is 13.4. The number of aromatic nitrogens is 2. The van der Waals surface area contributed by atoms with Crippen LogP contribution in [0.1, 0.15) is 24.4 Å². The van der Waals surface area contributed by atoms with Gasteiger partial charge in [0.15, 0.2) is 0 Å². The number of thioether (sulfide) groups is 1. The summed E-state index contributed by atoms with van der Waals surface area (Å²) < 4.78 is 0. The summed E-state index contributed by atoms with van der Waals surface area (Å²) in [5.74, 6) is 1.48. The normalized spacial score (nSPS) is 11.0. The minimum Gasteiger partial charge on any atom is -0.300 e. The van der Waals surface area contributed by atoms with Gasteiger partial charge in [-0.3, -0.25) is 10.1 Å². The Balaban J connectivity index is 1.76. The Labute approximate surface area is 154 Å². The van der Waals surface area contributed by atoms with Crippen molar-refractivity contribution in [3.05, 3.63) is 38.8 Å². The number of rotatable bonds is 7. The molecule has 2 rings (SSSR count). The van der Waals surface area contributed by atoms with Crippen molar-refractivity contribution in [1.29, 1.82) is 0 Å². The van der Waals surface area contributed by atoms with E-state index in [9.17, 15) is 4.79 Å². The summed E-state index contributed by atoms with van der Waals surface area (Å²) in [6.07, 6.45) is 0.875. The van der Waals surface area contributed by atoms with E-state index >= 15 is 0 Å². The standard InChI is InChI=1S/C15H17Cl2N3OS2/c1-9(2)5-14-19-20-15(23-14)18-13(21)8-22-7-10-3-4-11(16)12(17)6-10/h3-4,6,9H,5,7-8H2,1-2H3,(H,18,20,21). The van der Waals surface area contributed by atoms with E-state index in [2.05, 4.69) is 29.4 Å². The number of nitrogens with one attached hydrogen (secondary N) is 1. The van der Waals surface area contributed by atoms with Crippen LogP contribution < -0.4 is 5.32 Å². The summed E-state index contributed by atoms with van der Waals surface area (Å²) in [5.41, 5.74) is 1.03. The fraction of sp³-hybridized carbons (Fsp3) is 0.400. The molecule has 1 aromatic heterocycles. The lowest BCUT2D eigenvalue weighted by Gasteiger charge is -2.03. The van der Waals surface area contributed by atoms with Crippen LogP contribution in [0.2, 0.25) is 10.0 Å². The highest BCUT2D eigenvalue weighted by molar-refractivity contribution is 7.99. The van der Waals surface area contributed by atoms with Crippen LogP contribution in [-0.4, -0.2) is 21.9 Å². The Kier molecular flexibility index (Phi) is 7.14. The molecule has 1 heterocycles. The Morgan fingerprint density at radius 2 is 2.09 bits per heavy atom. The first-order chi connectivity index (χ1) is 10.9. The molecule has 1 aromatic carbocycles. The molecule has 23 heavy (non-hydrogen) atoms. The molecule has 0 radical (unpaired) electrons. The van der Waals surface area contributed by atoms with E-state index in [1.165, 1.54) is 23.1 Å². The summed E-state index contributed by atoms with van der Waals surface area (Å²) in [4.78, 5) is 11.9. The van der Waals surface area contributed by atoms with E-state index < -0.39 is 0 Å². The van der Waals surface area contributed by atoms with Gasteiger partial charge in [0.1, 0.15) is 5.01 Å². The molecule has 0 aliphatic carbocycles. The second-order valence-corrected chi connectivity index (χ2v) is 8.25. The molecule has 0 aliphatic heterocycles. The van der Waals surface area contributed by atoms with Crippen molar-refractivity contribution in [3.8, 4) is 0 Å². The molecule has 0 fully saturated rings. The monoisotopic (exact) mass is 389 g/mol. The van der Waals surface area contributed by atoms with Gasteiger partial charge in [-0.1, -0.05) is 54.5 Å². The second kappa shape index (κ2) is 8.87. The van der Waals surface area contributed by atoms with Crippen LogP contribution in [0.25, 0.3) is 0 Å². The SMILES string of the molecule is CC(C)Cc1nnc(NC(=O)CSCc2ccc(Cl)c(Cl)c2)s1. The number of nitrogens with zero attached hydrogens (tertiary/aromatic N) is 2. The Hall–Kier alpha value is -0.820. The predicted octanol–water partition coefficient (Wildman–Crippen LogP) is 4.92. The first-order valence-corrected chi connectivity index (χ1v) is 9.80. The van der Waals surface area contributed by atoms with Crippen LogP contribution in [0.5, 0.6) is 0 Å². The fourth-order valence-electron chi connectivity index (χ4n) is 1.78. The van der Waals surface area contributed by atoms with Crippen molar-refractivity contribution in [2.24, 2.45) is 5.92 Å². The van der Waals surface area contributed by atoms with Crippen LogP contribution in [0, 0.1) is 5.92 Å². The van der Waals surface area contributed by atoms with Gasteiger partial charge in [-0.25, -0.2) is 0 Å². The molecule has 0 unspecified atom stereocenters. The van der Waals surface area contributed by atoms with Gasteiger partial charge in [0.2, 0.25) is 11.0 Å². The maximum absolute atomic E-state index is 11.9. The zero-order valence-electron chi connectivity index (χ0n) is 12.8. The molecule has 1 amide bonds. The number of halogens is 2. The van der Waals surface area contributed by atoms with Gasteiger partial charge < -0.3 is 0 Å². The number of carbonyl (C=O) groups excluding carboxylic acids is 1. The van der Waals surface area contributed by atoms with Gasteiger partial charge in [-0.2, -0.15) is 0 Å². The molecular weight excluding hydrogens is 373 g/mol. The maximum atomic E-state index is 11.9. The largest absolute Gasteiger partial charge is 0.300 e. The molecule has 1 N–H and O–H groups in total. The minimum absolute atomic E-state index is 0.0812. The zero-order chi connectivity index (χ0) is 16.8. The van der Waals surface area contributed by atoms with Gasteiger partial charge in [0.05, 0.1) is 15.8 Å². The van der Waals surface area contributed by atoms with Gasteiger partial charge in [-0.15, -0.1) is 22.0 Å². The third-order valence-corrected chi connectivity index (χ3v) is 5.39. The van der Waals surface area contributed by atoms with Crippen molar-refractivity contribution in [2.45, 2.75) is 26.0 Å². The number of carbonyl (C=O) groups is 1. The van der Waals surface area contributed by atoms with E-state index in [1.54, 1.807) is 6.07 Å². The quantitative estimate of drug-likeness (QED) is 0.730. The van der Waals surface area contributed by atoms with E-state index in [0.717, 1.165) is 17.0 Å². The van der Waals surface area contributed by atoms with E-state index in [4.69, 9.17) is 23.2 Å². The van der Waals surface area contributed by atoms with Gasteiger partial charge >= 0.3 is 0 Å². The predicted molar refractivity (Wildman–Crippen MR) is 99.7 cm³/mol. The highest BCUT2D eigenvalue weighted by Gasteiger charge is 2.09. The lowest BCUT2D eigenvalue weighted by Crippen LogP contribution is -2.14. The van der Waals surface area contributed by atoms with Crippen LogP contribution >= 0.6 is 46.3 Å². The molecule has 124 valence electrons. The van der Waals surface area contributed by atoms with Crippen molar-refractivity contribution < 1.29 is 4.79 Å². The topological polar surface area (TPSA) is 54.9 Å². The minimum atomic E-state index is -0.0812. The van der Waals surface area contributed by atoms with E-state index in [0.29, 0.717) is 32.6 Å². The van der Waals surface area contributed by atoms with Crippen molar-refractivity contribution >= 4 is 57.3 Å². The second-order valence-electron chi connectivity index (χ2n) is 5.39. The lowest BCUT2D eigenvalue weighted by atomic mass is 10.1. The summed E-state index contributed by atoms with van der Waals surface area (Å²) in [7, 11) is 0. The van der Waals surface area contributed by atoms with Crippen LogP contribution in [0.15, 0.2) is 18.2 Å².